The summed E-state index contributed by atoms with van der Waals surface area (Å²) in [6, 6.07) is 7.25. The third-order valence-electron chi connectivity index (χ3n) is 1.12. The summed E-state index contributed by atoms with van der Waals surface area (Å²) in [5, 5.41) is 8.92. The van der Waals surface area contributed by atoms with Gasteiger partial charge >= 0.3 is 23.1 Å². The fourth-order valence-corrected chi connectivity index (χ4v) is 0.563. The van der Waals surface area contributed by atoms with Crippen LogP contribution in [0, 0.1) is 14.4 Å². The molecule has 0 aliphatic rings. The first-order valence-electron chi connectivity index (χ1n) is 2.55. The first kappa shape index (κ1) is 12.5. The van der Waals surface area contributed by atoms with Crippen molar-refractivity contribution in [1.29, 1.82) is 0 Å². The Morgan fingerprint density at radius 1 is 1.20 bits per heavy atom. The average Bonchev–Trinajstić information content (AvgIpc) is 1.77. The molecule has 0 bridgehead atoms. The monoisotopic (exact) mass is 147 g/mol. The molecule has 0 radical (unpaired) electrons. The summed E-state index contributed by atoms with van der Waals surface area (Å²) in [4.78, 5) is 0. The molecule has 1 nitrogen and oxygen atoms in total. The van der Waals surface area contributed by atoms with Crippen LogP contribution in [0.25, 0.3) is 0 Å². The van der Waals surface area contributed by atoms with Gasteiger partial charge in [0.1, 0.15) is 5.75 Å². The van der Waals surface area contributed by atoms with Crippen LogP contribution in [0.5, 0.6) is 5.75 Å². The van der Waals surface area contributed by atoms with E-state index in [1.54, 1.807) is 6.07 Å². The van der Waals surface area contributed by atoms with Crippen molar-refractivity contribution < 1.29 is 5.11 Å². The predicted molar refractivity (Wildman–Crippen MR) is 45.0 cm³/mol. The number of hydrogen-bond donors (Lipinski definition) is 1. The first-order chi connectivity index (χ1) is 3.80. The van der Waals surface area contributed by atoms with Crippen LogP contribution in [0.15, 0.2) is 24.3 Å². The van der Waals surface area contributed by atoms with Gasteiger partial charge in [-0.05, 0) is 18.6 Å². The van der Waals surface area contributed by atoms with Crippen LogP contribution in [0.4, 0.5) is 0 Å². The summed E-state index contributed by atoms with van der Waals surface area (Å²) in [5.74, 6) is 0.368. The molecule has 50 valence electrons. The molecule has 0 heterocycles. The standard InChI is InChI=1S/C7H8O.CH3.Mg/c1-6-4-2-3-5-7(6)8;;/h2-5,8H,1H3;1H3;/q;-1;+2. The van der Waals surface area contributed by atoms with Crippen LogP contribution >= 0.6 is 0 Å². The van der Waals surface area contributed by atoms with Gasteiger partial charge < -0.3 is 12.5 Å². The third-order valence-corrected chi connectivity index (χ3v) is 1.12. The Hall–Kier alpha value is -0.214. The van der Waals surface area contributed by atoms with Gasteiger partial charge in [-0.3, -0.25) is 0 Å². The fraction of sp³-hybridized carbons (Fsp3) is 0.125. The Morgan fingerprint density at radius 2 is 1.70 bits per heavy atom. The molecule has 0 saturated carbocycles. The first-order valence-corrected chi connectivity index (χ1v) is 2.55. The number of hydrogen-bond acceptors (Lipinski definition) is 1. The van der Waals surface area contributed by atoms with Crippen molar-refractivity contribution in [3.8, 4) is 5.75 Å². The molecule has 0 unspecified atom stereocenters. The summed E-state index contributed by atoms with van der Waals surface area (Å²) in [6.45, 7) is 1.87. The molecule has 0 saturated heterocycles. The van der Waals surface area contributed by atoms with Gasteiger partial charge in [0.15, 0.2) is 0 Å². The second-order valence-electron chi connectivity index (χ2n) is 1.79. The summed E-state index contributed by atoms with van der Waals surface area (Å²) in [6.07, 6.45) is 0. The van der Waals surface area contributed by atoms with Gasteiger partial charge in [0.25, 0.3) is 0 Å². The van der Waals surface area contributed by atoms with E-state index in [4.69, 9.17) is 5.11 Å². The van der Waals surface area contributed by atoms with E-state index in [1.807, 2.05) is 25.1 Å². The predicted octanol–water partition coefficient (Wildman–Crippen LogP) is 1.77. The zero-order valence-corrected chi connectivity index (χ0v) is 7.88. The van der Waals surface area contributed by atoms with Gasteiger partial charge in [-0.2, -0.15) is 0 Å². The quantitative estimate of drug-likeness (QED) is 0.438. The molecule has 1 N–H and O–H groups in total. The van der Waals surface area contributed by atoms with Crippen molar-refractivity contribution in [3.05, 3.63) is 37.3 Å². The maximum absolute atomic E-state index is 8.92. The molecule has 0 aliphatic carbocycles. The molecule has 0 spiro atoms. The maximum Gasteiger partial charge on any atom is 2.00 e. The summed E-state index contributed by atoms with van der Waals surface area (Å²) in [5.41, 5.74) is 0.924. The van der Waals surface area contributed by atoms with Crippen molar-refractivity contribution in [3.63, 3.8) is 0 Å². The SMILES string of the molecule is Cc1ccccc1O.[CH3-].[Mg+2]. The summed E-state index contributed by atoms with van der Waals surface area (Å²) < 4.78 is 0. The van der Waals surface area contributed by atoms with E-state index < -0.39 is 0 Å². The van der Waals surface area contributed by atoms with Crippen LogP contribution in [0.2, 0.25) is 0 Å². The van der Waals surface area contributed by atoms with Gasteiger partial charge in [0.05, 0.1) is 0 Å². The van der Waals surface area contributed by atoms with Crippen LogP contribution in [-0.4, -0.2) is 28.2 Å². The van der Waals surface area contributed by atoms with Crippen molar-refractivity contribution in [2.45, 2.75) is 6.92 Å². The number of benzene rings is 1. The molecule has 10 heavy (non-hydrogen) atoms. The number of rotatable bonds is 0. The molecule has 0 aliphatic heterocycles. The Bertz CT molecular complexity index is 165. The molecule has 0 aromatic heterocycles. The largest absolute Gasteiger partial charge is 2.00 e. The second-order valence-corrected chi connectivity index (χ2v) is 1.79. The summed E-state index contributed by atoms with van der Waals surface area (Å²) >= 11 is 0. The van der Waals surface area contributed by atoms with Crippen molar-refractivity contribution in [2.24, 2.45) is 0 Å². The minimum absolute atomic E-state index is 0. The van der Waals surface area contributed by atoms with E-state index in [1.165, 1.54) is 0 Å². The van der Waals surface area contributed by atoms with E-state index in [2.05, 4.69) is 0 Å². The van der Waals surface area contributed by atoms with Gasteiger partial charge in [0, 0.05) is 0 Å². The van der Waals surface area contributed by atoms with Gasteiger partial charge in [-0.25, -0.2) is 0 Å². The Morgan fingerprint density at radius 3 is 2.00 bits per heavy atom. The number of phenolic OH excluding ortho intramolecular Hbond substituents is 1. The smallest absolute Gasteiger partial charge is 0.508 e. The zero-order chi connectivity index (χ0) is 5.98. The Kier molecular flexibility index (Phi) is 6.93. The minimum atomic E-state index is 0. The molecule has 1 aromatic rings. The molecule has 1 aromatic carbocycles. The van der Waals surface area contributed by atoms with E-state index in [0.29, 0.717) is 5.75 Å². The van der Waals surface area contributed by atoms with E-state index >= 15 is 0 Å². The molecule has 0 amide bonds. The minimum Gasteiger partial charge on any atom is -0.508 e. The van der Waals surface area contributed by atoms with E-state index in [-0.39, 0.29) is 30.5 Å². The Labute approximate surface area is 78.2 Å². The number of aryl methyl sites for hydroxylation is 1. The van der Waals surface area contributed by atoms with E-state index in [9.17, 15) is 0 Å². The molecule has 1 rings (SSSR count). The number of phenols is 1. The molecule has 0 atom stereocenters. The Balaban J connectivity index is 0. The van der Waals surface area contributed by atoms with Crippen LogP contribution < -0.4 is 0 Å². The number of aromatic hydroxyl groups is 1. The van der Waals surface area contributed by atoms with Crippen LogP contribution in [-0.2, 0) is 0 Å². The molecular formula is C8H11MgO+. The molecule has 2 heteroatoms. The number of para-hydroxylation sites is 1. The average molecular weight is 147 g/mol. The maximum atomic E-state index is 8.92. The fourth-order valence-electron chi connectivity index (χ4n) is 0.563. The zero-order valence-electron chi connectivity index (χ0n) is 6.46. The van der Waals surface area contributed by atoms with Crippen LogP contribution in [0.1, 0.15) is 5.56 Å². The third kappa shape index (κ3) is 3.08. The van der Waals surface area contributed by atoms with Gasteiger partial charge in [0.2, 0.25) is 0 Å². The van der Waals surface area contributed by atoms with Crippen molar-refractivity contribution in [1.82, 2.24) is 0 Å². The molecular weight excluding hydrogens is 136 g/mol. The molecule has 0 fully saturated rings. The van der Waals surface area contributed by atoms with Crippen LogP contribution in [0.3, 0.4) is 0 Å². The topological polar surface area (TPSA) is 20.2 Å². The van der Waals surface area contributed by atoms with Crippen molar-refractivity contribution >= 4 is 23.1 Å². The van der Waals surface area contributed by atoms with E-state index in [0.717, 1.165) is 5.56 Å². The summed E-state index contributed by atoms with van der Waals surface area (Å²) in [7, 11) is 0. The van der Waals surface area contributed by atoms with Gasteiger partial charge in [-0.15, -0.1) is 0 Å². The second kappa shape index (κ2) is 5.56. The van der Waals surface area contributed by atoms with Gasteiger partial charge in [-0.1, -0.05) is 18.2 Å². The van der Waals surface area contributed by atoms with Crippen molar-refractivity contribution in [2.75, 3.05) is 0 Å². The normalized spacial score (nSPS) is 7.30.